The van der Waals surface area contributed by atoms with Gasteiger partial charge < -0.3 is 10.1 Å². The molecule has 0 saturated heterocycles. The maximum Gasteiger partial charge on any atom is 0.345 e. The molecule has 0 aliphatic rings. The molecule has 0 unspecified atom stereocenters. The molecule has 120 valence electrons. The molecule has 0 bridgehead atoms. The maximum atomic E-state index is 12.0. The van der Waals surface area contributed by atoms with Crippen LogP contribution < -0.4 is 5.32 Å². The minimum absolute atomic E-state index is 0.127. The first-order chi connectivity index (χ1) is 10.0. The Morgan fingerprint density at radius 2 is 1.95 bits per heavy atom. The van der Waals surface area contributed by atoms with E-state index in [1.807, 2.05) is 0 Å². The molecule has 0 aliphatic carbocycles. The van der Waals surface area contributed by atoms with Crippen LogP contribution in [0.1, 0.15) is 38.1 Å². The van der Waals surface area contributed by atoms with E-state index in [0.717, 1.165) is 6.07 Å². The smallest absolute Gasteiger partial charge is 0.345 e. The van der Waals surface area contributed by atoms with Gasteiger partial charge in [-0.15, -0.1) is 0 Å². The molecule has 0 spiro atoms. The monoisotopic (exact) mass is 328 g/mol. The van der Waals surface area contributed by atoms with Gasteiger partial charge in [0.1, 0.15) is 5.56 Å². The molecule has 1 amide bonds. The molecule has 1 atom stereocenters. The lowest BCUT2D eigenvalue weighted by Crippen LogP contribution is -2.46. The van der Waals surface area contributed by atoms with E-state index in [-0.39, 0.29) is 10.6 Å². The first-order valence-corrected chi connectivity index (χ1v) is 6.86. The van der Waals surface area contributed by atoms with Crippen molar-refractivity contribution in [1.82, 2.24) is 5.32 Å². The van der Waals surface area contributed by atoms with Gasteiger partial charge >= 0.3 is 5.97 Å². The zero-order chi connectivity index (χ0) is 17.1. The standard InChI is InChI=1S/C14H17ClN2O5/c1-8(12(18)16-14(2,3)4)22-13(19)10-6-5-9(15)7-11(10)17(20)21/h5-8H,1-4H3,(H,16,18)/t8-/m1/s1. The van der Waals surface area contributed by atoms with Crippen molar-refractivity contribution in [3.8, 4) is 0 Å². The van der Waals surface area contributed by atoms with E-state index in [1.54, 1.807) is 20.8 Å². The molecule has 0 radical (unpaired) electrons. The Bertz CT molecular complexity index is 610. The van der Waals surface area contributed by atoms with Crippen LogP contribution in [0.3, 0.4) is 0 Å². The summed E-state index contributed by atoms with van der Waals surface area (Å²) in [6.45, 7) is 6.73. The first-order valence-electron chi connectivity index (χ1n) is 6.48. The predicted octanol–water partition coefficient (Wildman–Crippen LogP) is 2.71. The van der Waals surface area contributed by atoms with E-state index in [4.69, 9.17) is 16.3 Å². The van der Waals surface area contributed by atoms with Gasteiger partial charge in [0.15, 0.2) is 6.10 Å². The van der Waals surface area contributed by atoms with Gasteiger partial charge in [0, 0.05) is 16.6 Å². The van der Waals surface area contributed by atoms with Crippen LogP contribution in [-0.2, 0) is 9.53 Å². The number of hydrogen-bond acceptors (Lipinski definition) is 5. The second kappa shape index (κ2) is 6.74. The van der Waals surface area contributed by atoms with E-state index < -0.39 is 34.1 Å². The third kappa shape index (κ3) is 5.00. The number of amides is 1. The van der Waals surface area contributed by atoms with Crippen molar-refractivity contribution in [1.29, 1.82) is 0 Å². The van der Waals surface area contributed by atoms with Gasteiger partial charge in [-0.1, -0.05) is 11.6 Å². The first kappa shape index (κ1) is 17.9. The van der Waals surface area contributed by atoms with Gasteiger partial charge in [-0.05, 0) is 39.8 Å². The quantitative estimate of drug-likeness (QED) is 0.520. The Kier molecular flexibility index (Phi) is 5.48. The number of nitrogens with zero attached hydrogens (tertiary/aromatic N) is 1. The molecule has 7 nitrogen and oxygen atoms in total. The molecule has 0 saturated carbocycles. The van der Waals surface area contributed by atoms with Crippen LogP contribution in [0, 0.1) is 10.1 Å². The van der Waals surface area contributed by atoms with Crippen molar-refractivity contribution in [2.24, 2.45) is 0 Å². The Morgan fingerprint density at radius 1 is 1.36 bits per heavy atom. The second-order valence-electron chi connectivity index (χ2n) is 5.71. The van der Waals surface area contributed by atoms with E-state index in [2.05, 4.69) is 5.32 Å². The number of nitro groups is 1. The summed E-state index contributed by atoms with van der Waals surface area (Å²) in [7, 11) is 0. The lowest BCUT2D eigenvalue weighted by molar-refractivity contribution is -0.385. The average molecular weight is 329 g/mol. The van der Waals surface area contributed by atoms with Crippen molar-refractivity contribution in [3.63, 3.8) is 0 Å². The summed E-state index contributed by atoms with van der Waals surface area (Å²) in [4.78, 5) is 34.1. The number of nitro benzene ring substituents is 1. The third-order valence-corrected chi connectivity index (χ3v) is 2.76. The summed E-state index contributed by atoms with van der Waals surface area (Å²) in [5, 5.41) is 13.7. The van der Waals surface area contributed by atoms with E-state index in [0.29, 0.717) is 0 Å². The molecule has 0 aliphatic heterocycles. The summed E-state index contributed by atoms with van der Waals surface area (Å²) in [6.07, 6.45) is -1.08. The molecule has 1 N–H and O–H groups in total. The number of hydrogen-bond donors (Lipinski definition) is 1. The molecule has 1 aromatic carbocycles. The number of carbonyl (C=O) groups excluding carboxylic acids is 2. The SMILES string of the molecule is C[C@@H](OC(=O)c1ccc(Cl)cc1[N+](=O)[O-])C(=O)NC(C)(C)C. The number of benzene rings is 1. The van der Waals surface area contributed by atoms with Gasteiger partial charge in [-0.2, -0.15) is 0 Å². The zero-order valence-corrected chi connectivity index (χ0v) is 13.4. The molecular formula is C14H17ClN2O5. The number of esters is 1. The maximum absolute atomic E-state index is 12.0. The topological polar surface area (TPSA) is 98.5 Å². The van der Waals surface area contributed by atoms with Crippen molar-refractivity contribution < 1.29 is 19.2 Å². The fraction of sp³-hybridized carbons (Fsp3) is 0.429. The van der Waals surface area contributed by atoms with Crippen molar-refractivity contribution in [2.45, 2.75) is 39.3 Å². The van der Waals surface area contributed by atoms with Gasteiger partial charge in [-0.25, -0.2) is 4.79 Å². The Morgan fingerprint density at radius 3 is 2.45 bits per heavy atom. The minimum atomic E-state index is -1.08. The minimum Gasteiger partial charge on any atom is -0.449 e. The fourth-order valence-electron chi connectivity index (χ4n) is 1.58. The summed E-state index contributed by atoms with van der Waals surface area (Å²) in [6, 6.07) is 3.58. The highest BCUT2D eigenvalue weighted by Gasteiger charge is 2.27. The molecule has 8 heteroatoms. The molecule has 0 heterocycles. The van der Waals surface area contributed by atoms with E-state index >= 15 is 0 Å². The van der Waals surface area contributed by atoms with Gasteiger partial charge in [-0.3, -0.25) is 14.9 Å². The highest BCUT2D eigenvalue weighted by Crippen LogP contribution is 2.24. The number of halogens is 1. The highest BCUT2D eigenvalue weighted by molar-refractivity contribution is 6.31. The number of nitrogens with one attached hydrogen (secondary N) is 1. The lowest BCUT2D eigenvalue weighted by Gasteiger charge is -2.23. The molecule has 0 fully saturated rings. The third-order valence-electron chi connectivity index (χ3n) is 2.53. The normalized spacial score (nSPS) is 12.4. The van der Waals surface area contributed by atoms with Gasteiger partial charge in [0.2, 0.25) is 0 Å². The van der Waals surface area contributed by atoms with Crippen molar-refractivity contribution >= 4 is 29.2 Å². The van der Waals surface area contributed by atoms with Crippen molar-refractivity contribution in [2.75, 3.05) is 0 Å². The van der Waals surface area contributed by atoms with Crippen LogP contribution >= 0.6 is 11.6 Å². The molecule has 1 aromatic rings. The van der Waals surface area contributed by atoms with Crippen LogP contribution in [0.5, 0.6) is 0 Å². The molecular weight excluding hydrogens is 312 g/mol. The molecule has 22 heavy (non-hydrogen) atoms. The molecule has 1 rings (SSSR count). The van der Waals surface area contributed by atoms with Crippen LogP contribution in [0.4, 0.5) is 5.69 Å². The van der Waals surface area contributed by atoms with E-state index in [9.17, 15) is 19.7 Å². The Balaban J connectivity index is 2.90. The average Bonchev–Trinajstić information content (AvgIpc) is 2.36. The van der Waals surface area contributed by atoms with Gasteiger partial charge in [0.25, 0.3) is 11.6 Å². The Labute approximate surface area is 132 Å². The summed E-state index contributed by atoms with van der Waals surface area (Å²) in [5.74, 6) is -1.45. The number of carbonyl (C=O) groups is 2. The van der Waals surface area contributed by atoms with Crippen LogP contribution in [0.2, 0.25) is 5.02 Å². The van der Waals surface area contributed by atoms with Crippen LogP contribution in [0.15, 0.2) is 18.2 Å². The zero-order valence-electron chi connectivity index (χ0n) is 12.7. The second-order valence-corrected chi connectivity index (χ2v) is 6.14. The summed E-state index contributed by atoms with van der Waals surface area (Å²) < 4.78 is 4.98. The fourth-order valence-corrected chi connectivity index (χ4v) is 1.74. The predicted molar refractivity (Wildman–Crippen MR) is 80.9 cm³/mol. The summed E-state index contributed by atoms with van der Waals surface area (Å²) >= 11 is 5.67. The number of ether oxygens (including phenoxy) is 1. The highest BCUT2D eigenvalue weighted by atomic mass is 35.5. The Hall–Kier alpha value is -2.15. The largest absolute Gasteiger partial charge is 0.449 e. The van der Waals surface area contributed by atoms with Crippen molar-refractivity contribution in [3.05, 3.63) is 38.9 Å². The lowest BCUT2D eigenvalue weighted by atomic mass is 10.1. The number of rotatable bonds is 4. The molecule has 0 aromatic heterocycles. The van der Waals surface area contributed by atoms with Crippen LogP contribution in [-0.4, -0.2) is 28.4 Å². The van der Waals surface area contributed by atoms with Gasteiger partial charge in [0.05, 0.1) is 4.92 Å². The summed E-state index contributed by atoms with van der Waals surface area (Å²) in [5.41, 5.74) is -1.21. The van der Waals surface area contributed by atoms with Crippen LogP contribution in [0.25, 0.3) is 0 Å². The van der Waals surface area contributed by atoms with E-state index in [1.165, 1.54) is 19.1 Å².